The van der Waals surface area contributed by atoms with Crippen LogP contribution >= 0.6 is 11.6 Å². The maximum Gasteiger partial charge on any atom is 0.335 e. The van der Waals surface area contributed by atoms with Gasteiger partial charge in [-0.1, -0.05) is 11.6 Å². The van der Waals surface area contributed by atoms with Gasteiger partial charge in [0.15, 0.2) is 0 Å². The standard InChI is InChI=1S/C15H12ClNO5/c1-22-13-5-3-9(16)7-10(13)14(19)17-11-4-2-8(15(20)21)6-12(11)18/h2-7,18H,1H3,(H,17,19)(H,20,21). The van der Waals surface area contributed by atoms with Crippen molar-refractivity contribution in [2.45, 2.75) is 0 Å². The van der Waals surface area contributed by atoms with E-state index in [4.69, 9.17) is 21.4 Å². The normalized spacial score (nSPS) is 10.1. The molecule has 0 aliphatic carbocycles. The molecule has 2 aromatic rings. The quantitative estimate of drug-likeness (QED) is 0.752. The number of carboxylic acid groups (broad SMARTS) is 1. The second-order valence-electron chi connectivity index (χ2n) is 4.34. The number of aromatic carboxylic acids is 1. The van der Waals surface area contributed by atoms with Crippen molar-refractivity contribution in [3.05, 3.63) is 52.5 Å². The van der Waals surface area contributed by atoms with Gasteiger partial charge in [-0.3, -0.25) is 4.79 Å². The predicted octanol–water partition coefficient (Wildman–Crippen LogP) is 3.00. The van der Waals surface area contributed by atoms with Crippen molar-refractivity contribution in [2.75, 3.05) is 12.4 Å². The Morgan fingerprint density at radius 2 is 1.91 bits per heavy atom. The molecule has 1 amide bonds. The summed E-state index contributed by atoms with van der Waals surface area (Å²) in [5.41, 5.74) is 0.185. The first-order valence-electron chi connectivity index (χ1n) is 6.13. The number of carboxylic acids is 1. The minimum atomic E-state index is -1.18. The molecule has 0 bridgehead atoms. The highest BCUT2D eigenvalue weighted by Gasteiger charge is 2.15. The molecular formula is C15H12ClNO5. The molecule has 22 heavy (non-hydrogen) atoms. The number of phenolic OH excluding ortho intramolecular Hbond substituents is 1. The summed E-state index contributed by atoms with van der Waals surface area (Å²) in [5.74, 6) is -1.75. The number of amides is 1. The number of halogens is 1. The highest BCUT2D eigenvalue weighted by Crippen LogP contribution is 2.27. The summed E-state index contributed by atoms with van der Waals surface area (Å²) in [7, 11) is 1.42. The number of carbonyl (C=O) groups excluding carboxylic acids is 1. The average Bonchev–Trinajstić information content (AvgIpc) is 2.48. The molecule has 0 aromatic heterocycles. The van der Waals surface area contributed by atoms with Gasteiger partial charge in [-0.05, 0) is 36.4 Å². The average molecular weight is 322 g/mol. The zero-order valence-corrected chi connectivity index (χ0v) is 12.2. The molecule has 7 heteroatoms. The van der Waals surface area contributed by atoms with Crippen molar-refractivity contribution in [1.82, 2.24) is 0 Å². The number of carbonyl (C=O) groups is 2. The van der Waals surface area contributed by atoms with Crippen molar-refractivity contribution < 1.29 is 24.5 Å². The zero-order valence-electron chi connectivity index (χ0n) is 11.5. The Balaban J connectivity index is 2.29. The van der Waals surface area contributed by atoms with E-state index in [1.165, 1.54) is 25.3 Å². The Morgan fingerprint density at radius 1 is 1.18 bits per heavy atom. The summed E-state index contributed by atoms with van der Waals surface area (Å²) in [5, 5.41) is 21.4. The van der Waals surface area contributed by atoms with Crippen molar-refractivity contribution >= 4 is 29.2 Å². The van der Waals surface area contributed by atoms with Gasteiger partial charge < -0.3 is 20.3 Å². The summed E-state index contributed by atoms with van der Waals surface area (Å²) < 4.78 is 5.08. The Bertz CT molecular complexity index is 745. The van der Waals surface area contributed by atoms with Crippen molar-refractivity contribution in [2.24, 2.45) is 0 Å². The van der Waals surface area contributed by atoms with Crippen LogP contribution in [0.1, 0.15) is 20.7 Å². The summed E-state index contributed by atoms with van der Waals surface area (Å²) in [6.07, 6.45) is 0. The maximum atomic E-state index is 12.2. The topological polar surface area (TPSA) is 95.9 Å². The van der Waals surface area contributed by atoms with Gasteiger partial charge in [-0.25, -0.2) is 4.79 Å². The Hall–Kier alpha value is -2.73. The lowest BCUT2D eigenvalue weighted by Gasteiger charge is -2.11. The molecule has 3 N–H and O–H groups in total. The number of rotatable bonds is 4. The highest BCUT2D eigenvalue weighted by atomic mass is 35.5. The summed E-state index contributed by atoms with van der Waals surface area (Å²) in [4.78, 5) is 23.0. The first kappa shape index (κ1) is 15.7. The molecule has 6 nitrogen and oxygen atoms in total. The minimum Gasteiger partial charge on any atom is -0.506 e. The summed E-state index contributed by atoms with van der Waals surface area (Å²) in [6, 6.07) is 8.17. The lowest BCUT2D eigenvalue weighted by Crippen LogP contribution is -2.13. The van der Waals surface area contributed by atoms with Gasteiger partial charge in [0.2, 0.25) is 0 Å². The smallest absolute Gasteiger partial charge is 0.335 e. The van der Waals surface area contributed by atoms with E-state index in [2.05, 4.69) is 5.32 Å². The van der Waals surface area contributed by atoms with Crippen LogP contribution in [0.15, 0.2) is 36.4 Å². The number of benzene rings is 2. The van der Waals surface area contributed by atoms with Gasteiger partial charge in [0, 0.05) is 5.02 Å². The molecule has 0 fully saturated rings. The zero-order chi connectivity index (χ0) is 16.3. The van der Waals surface area contributed by atoms with E-state index in [9.17, 15) is 14.7 Å². The molecule has 0 aliphatic heterocycles. The van der Waals surface area contributed by atoms with Crippen LogP contribution < -0.4 is 10.1 Å². The molecule has 0 heterocycles. The first-order chi connectivity index (χ1) is 10.4. The number of phenols is 1. The van der Waals surface area contributed by atoms with Crippen LogP contribution in [-0.2, 0) is 0 Å². The van der Waals surface area contributed by atoms with Gasteiger partial charge >= 0.3 is 5.97 Å². The molecule has 2 rings (SSSR count). The fraction of sp³-hybridized carbons (Fsp3) is 0.0667. The monoisotopic (exact) mass is 321 g/mol. The number of aromatic hydroxyl groups is 1. The van der Waals surface area contributed by atoms with Crippen LogP contribution in [0.5, 0.6) is 11.5 Å². The summed E-state index contributed by atoms with van der Waals surface area (Å²) in [6.45, 7) is 0. The second-order valence-corrected chi connectivity index (χ2v) is 4.77. The van der Waals surface area contributed by atoms with Gasteiger partial charge in [-0.2, -0.15) is 0 Å². The molecule has 114 valence electrons. The van der Waals surface area contributed by atoms with Gasteiger partial charge in [0.25, 0.3) is 5.91 Å². The first-order valence-corrected chi connectivity index (χ1v) is 6.51. The van der Waals surface area contributed by atoms with E-state index in [0.717, 1.165) is 6.07 Å². The second kappa shape index (κ2) is 6.36. The largest absolute Gasteiger partial charge is 0.506 e. The Morgan fingerprint density at radius 3 is 2.50 bits per heavy atom. The number of anilines is 1. The van der Waals surface area contributed by atoms with E-state index in [-0.39, 0.29) is 22.6 Å². The third-order valence-electron chi connectivity index (χ3n) is 2.90. The van der Waals surface area contributed by atoms with Crippen LogP contribution in [0.4, 0.5) is 5.69 Å². The molecule has 0 spiro atoms. The van der Waals surface area contributed by atoms with E-state index >= 15 is 0 Å². The van der Waals surface area contributed by atoms with E-state index < -0.39 is 11.9 Å². The number of hydrogen-bond acceptors (Lipinski definition) is 4. The van der Waals surface area contributed by atoms with Gasteiger partial charge in [0.05, 0.1) is 23.9 Å². The SMILES string of the molecule is COc1ccc(Cl)cc1C(=O)Nc1ccc(C(=O)O)cc1O. The number of nitrogens with one attached hydrogen (secondary N) is 1. The van der Waals surface area contributed by atoms with Crippen LogP contribution in [0.3, 0.4) is 0 Å². The predicted molar refractivity (Wildman–Crippen MR) is 81.0 cm³/mol. The summed E-state index contributed by atoms with van der Waals surface area (Å²) >= 11 is 5.86. The number of ether oxygens (including phenoxy) is 1. The maximum absolute atomic E-state index is 12.2. The Labute approximate surface area is 130 Å². The molecule has 0 aliphatic rings. The molecule has 0 saturated heterocycles. The van der Waals surface area contributed by atoms with E-state index in [1.807, 2.05) is 0 Å². The van der Waals surface area contributed by atoms with E-state index in [1.54, 1.807) is 12.1 Å². The van der Waals surface area contributed by atoms with Crippen LogP contribution in [-0.4, -0.2) is 29.2 Å². The number of methoxy groups -OCH3 is 1. The van der Waals surface area contributed by atoms with Crippen molar-refractivity contribution in [3.8, 4) is 11.5 Å². The van der Waals surface area contributed by atoms with Crippen LogP contribution in [0.2, 0.25) is 5.02 Å². The van der Waals surface area contributed by atoms with Crippen molar-refractivity contribution in [1.29, 1.82) is 0 Å². The van der Waals surface area contributed by atoms with Crippen LogP contribution in [0, 0.1) is 0 Å². The molecule has 0 radical (unpaired) electrons. The lowest BCUT2D eigenvalue weighted by atomic mass is 10.1. The minimum absolute atomic E-state index is 0.0806. The fourth-order valence-corrected chi connectivity index (χ4v) is 1.99. The number of hydrogen-bond donors (Lipinski definition) is 3. The Kier molecular flexibility index (Phi) is 4.53. The third-order valence-corrected chi connectivity index (χ3v) is 3.13. The van der Waals surface area contributed by atoms with E-state index in [0.29, 0.717) is 10.8 Å². The molecule has 0 saturated carbocycles. The third kappa shape index (κ3) is 3.29. The molecule has 2 aromatic carbocycles. The molecule has 0 atom stereocenters. The van der Waals surface area contributed by atoms with Crippen LogP contribution in [0.25, 0.3) is 0 Å². The molecular weight excluding hydrogens is 310 g/mol. The lowest BCUT2D eigenvalue weighted by molar-refractivity contribution is 0.0696. The molecule has 0 unspecified atom stereocenters. The van der Waals surface area contributed by atoms with Gasteiger partial charge in [-0.15, -0.1) is 0 Å². The van der Waals surface area contributed by atoms with Gasteiger partial charge in [0.1, 0.15) is 11.5 Å². The van der Waals surface area contributed by atoms with Crippen molar-refractivity contribution in [3.63, 3.8) is 0 Å². The fourth-order valence-electron chi connectivity index (χ4n) is 1.82. The highest BCUT2D eigenvalue weighted by molar-refractivity contribution is 6.31.